The van der Waals surface area contributed by atoms with E-state index in [4.69, 9.17) is 0 Å². The van der Waals surface area contributed by atoms with E-state index in [9.17, 15) is 13.2 Å². The summed E-state index contributed by atoms with van der Waals surface area (Å²) in [5.41, 5.74) is 2.75. The molecule has 0 saturated heterocycles. The molecule has 0 radical (unpaired) electrons. The van der Waals surface area contributed by atoms with Gasteiger partial charge in [0.05, 0.1) is 16.9 Å². The Morgan fingerprint density at radius 2 is 1.59 bits per heavy atom. The molecule has 1 aliphatic heterocycles. The van der Waals surface area contributed by atoms with Crippen molar-refractivity contribution in [1.29, 1.82) is 0 Å². The quantitative estimate of drug-likeness (QED) is 0.735. The molecule has 0 unspecified atom stereocenters. The van der Waals surface area contributed by atoms with E-state index in [0.29, 0.717) is 5.69 Å². The van der Waals surface area contributed by atoms with E-state index in [0.717, 1.165) is 23.0 Å². The number of rotatable bonds is 1. The Kier molecular flexibility index (Phi) is 3.31. The Hall–Kier alpha value is -2.17. The largest absolute Gasteiger partial charge is 0.416 e. The zero-order valence-electron chi connectivity index (χ0n) is 12.6. The highest BCUT2D eigenvalue weighted by molar-refractivity contribution is 5.84. The summed E-state index contributed by atoms with van der Waals surface area (Å²) in [4.78, 5) is 4.02. The van der Waals surface area contributed by atoms with Gasteiger partial charge in [-0.15, -0.1) is 0 Å². The van der Waals surface area contributed by atoms with Crippen molar-refractivity contribution in [3.05, 3.63) is 53.6 Å². The van der Waals surface area contributed by atoms with Gasteiger partial charge in [0.1, 0.15) is 6.17 Å². The van der Waals surface area contributed by atoms with Crippen LogP contribution < -0.4 is 9.80 Å². The van der Waals surface area contributed by atoms with Crippen LogP contribution in [0.3, 0.4) is 0 Å². The molecule has 5 heteroatoms. The fourth-order valence-electron chi connectivity index (χ4n) is 2.92. The molecule has 0 aliphatic carbocycles. The Labute approximate surface area is 127 Å². The normalized spacial score (nSPS) is 17.8. The number of alkyl halides is 3. The molecule has 0 aromatic heterocycles. The number of fused-ring (bicyclic) bond motifs is 1. The van der Waals surface area contributed by atoms with E-state index in [1.54, 1.807) is 0 Å². The van der Waals surface area contributed by atoms with Gasteiger partial charge < -0.3 is 9.80 Å². The first-order valence-electron chi connectivity index (χ1n) is 7.09. The molecule has 0 spiro atoms. The van der Waals surface area contributed by atoms with Gasteiger partial charge >= 0.3 is 6.18 Å². The number of halogens is 3. The molecule has 116 valence electrons. The van der Waals surface area contributed by atoms with Crippen LogP contribution in [0, 0.1) is 6.92 Å². The van der Waals surface area contributed by atoms with Crippen molar-refractivity contribution in [2.75, 3.05) is 16.8 Å². The maximum absolute atomic E-state index is 13.0. The maximum atomic E-state index is 13.0. The number of para-hydroxylation sites is 2. The van der Waals surface area contributed by atoms with Gasteiger partial charge in [0.25, 0.3) is 0 Å². The molecule has 2 aromatic carbocycles. The average Bonchev–Trinajstić information content (AvgIpc) is 2.71. The highest BCUT2D eigenvalue weighted by atomic mass is 19.4. The van der Waals surface area contributed by atoms with Crippen LogP contribution in [0.1, 0.15) is 18.1 Å². The predicted octanol–water partition coefficient (Wildman–Crippen LogP) is 4.95. The van der Waals surface area contributed by atoms with Gasteiger partial charge in [-0.2, -0.15) is 13.2 Å². The van der Waals surface area contributed by atoms with Gasteiger partial charge in [-0.1, -0.05) is 18.2 Å². The number of aryl methyl sites for hydroxylation is 1. The number of anilines is 3. The molecule has 1 heterocycles. The summed E-state index contributed by atoms with van der Waals surface area (Å²) < 4.78 is 39.1. The molecule has 0 N–H and O–H groups in total. The third kappa shape index (κ3) is 2.21. The van der Waals surface area contributed by atoms with Gasteiger partial charge in [-0.25, -0.2) is 0 Å². The summed E-state index contributed by atoms with van der Waals surface area (Å²) >= 11 is 0. The number of nitrogens with zero attached hydrogens (tertiary/aromatic N) is 2. The van der Waals surface area contributed by atoms with Crippen LogP contribution in [0.15, 0.2) is 42.5 Å². The van der Waals surface area contributed by atoms with E-state index < -0.39 is 11.7 Å². The highest BCUT2D eigenvalue weighted by Gasteiger charge is 2.35. The molecule has 0 fully saturated rings. The van der Waals surface area contributed by atoms with Crippen molar-refractivity contribution in [2.45, 2.75) is 26.2 Å². The lowest BCUT2D eigenvalue weighted by atomic mass is 10.1. The van der Waals surface area contributed by atoms with Crippen LogP contribution in [0.4, 0.5) is 30.2 Å². The second kappa shape index (κ2) is 4.93. The van der Waals surface area contributed by atoms with E-state index in [2.05, 4.69) is 4.90 Å². The molecular formula is C17H17F3N2. The van der Waals surface area contributed by atoms with Crippen molar-refractivity contribution >= 4 is 17.1 Å². The Bertz CT molecular complexity index is 709. The highest BCUT2D eigenvalue weighted by Crippen LogP contribution is 2.45. The van der Waals surface area contributed by atoms with E-state index in [-0.39, 0.29) is 6.17 Å². The van der Waals surface area contributed by atoms with Crippen LogP contribution in [-0.2, 0) is 6.18 Å². The van der Waals surface area contributed by atoms with Gasteiger partial charge in [-0.3, -0.25) is 0 Å². The smallest absolute Gasteiger partial charge is 0.353 e. The topological polar surface area (TPSA) is 6.48 Å². The molecule has 22 heavy (non-hydrogen) atoms. The number of benzene rings is 2. The average molecular weight is 306 g/mol. The lowest BCUT2D eigenvalue weighted by Gasteiger charge is -2.29. The first-order valence-corrected chi connectivity index (χ1v) is 7.09. The number of hydrogen-bond acceptors (Lipinski definition) is 2. The fourth-order valence-corrected chi connectivity index (χ4v) is 2.92. The van der Waals surface area contributed by atoms with Crippen LogP contribution in [0.5, 0.6) is 0 Å². The standard InChI is InChI=1S/C17H17F3N2/c1-11-8-9-13(17(18,19)20)10-16(11)22-12(2)21(3)14-6-4-5-7-15(14)22/h4-10,12H,1-3H3/t12-/m0/s1. The van der Waals surface area contributed by atoms with Crippen molar-refractivity contribution < 1.29 is 13.2 Å². The second-order valence-corrected chi connectivity index (χ2v) is 5.60. The number of hydrogen-bond donors (Lipinski definition) is 0. The van der Waals surface area contributed by atoms with Crippen molar-refractivity contribution in [3.8, 4) is 0 Å². The van der Waals surface area contributed by atoms with E-state index in [1.807, 2.05) is 50.1 Å². The third-order valence-corrected chi connectivity index (χ3v) is 4.25. The SMILES string of the molecule is Cc1ccc(C(F)(F)F)cc1N1c2ccccc2N(C)[C@@H]1C. The fraction of sp³-hybridized carbons (Fsp3) is 0.294. The molecule has 1 aliphatic rings. The summed E-state index contributed by atoms with van der Waals surface area (Å²) in [5.74, 6) is 0. The molecule has 2 aromatic rings. The Balaban J connectivity index is 2.16. The lowest BCUT2D eigenvalue weighted by molar-refractivity contribution is -0.137. The van der Waals surface area contributed by atoms with Crippen molar-refractivity contribution in [2.24, 2.45) is 0 Å². The minimum atomic E-state index is -4.34. The summed E-state index contributed by atoms with van der Waals surface area (Å²) in [7, 11) is 1.95. The van der Waals surface area contributed by atoms with Crippen molar-refractivity contribution in [1.82, 2.24) is 0 Å². The monoisotopic (exact) mass is 306 g/mol. The molecule has 1 atom stereocenters. The van der Waals surface area contributed by atoms with Gasteiger partial charge in [0.15, 0.2) is 0 Å². The van der Waals surface area contributed by atoms with Gasteiger partial charge in [0.2, 0.25) is 0 Å². The zero-order valence-corrected chi connectivity index (χ0v) is 12.6. The first kappa shape index (κ1) is 14.8. The zero-order chi connectivity index (χ0) is 16.1. The molecule has 0 amide bonds. The Morgan fingerprint density at radius 3 is 2.23 bits per heavy atom. The molecule has 3 rings (SSSR count). The summed E-state index contributed by atoms with van der Waals surface area (Å²) in [6.07, 6.45) is -4.38. The molecule has 2 nitrogen and oxygen atoms in total. The van der Waals surface area contributed by atoms with Crippen molar-refractivity contribution in [3.63, 3.8) is 0 Å². The Morgan fingerprint density at radius 1 is 0.955 bits per heavy atom. The van der Waals surface area contributed by atoms with Gasteiger partial charge in [-0.05, 0) is 43.7 Å². The van der Waals surface area contributed by atoms with Crippen LogP contribution in [0.25, 0.3) is 0 Å². The third-order valence-electron chi connectivity index (χ3n) is 4.25. The molecule has 0 saturated carbocycles. The summed E-state index contributed by atoms with van der Waals surface area (Å²) in [5, 5.41) is 0. The molecule has 0 bridgehead atoms. The first-order chi connectivity index (χ1) is 10.3. The summed E-state index contributed by atoms with van der Waals surface area (Å²) in [6, 6.07) is 11.7. The summed E-state index contributed by atoms with van der Waals surface area (Å²) in [6.45, 7) is 3.82. The minimum Gasteiger partial charge on any atom is -0.353 e. The minimum absolute atomic E-state index is 0.0421. The van der Waals surface area contributed by atoms with Crippen LogP contribution in [-0.4, -0.2) is 13.2 Å². The van der Waals surface area contributed by atoms with E-state index >= 15 is 0 Å². The predicted molar refractivity (Wildman–Crippen MR) is 82.6 cm³/mol. The van der Waals surface area contributed by atoms with Crippen LogP contribution in [0.2, 0.25) is 0 Å². The van der Waals surface area contributed by atoms with E-state index in [1.165, 1.54) is 12.1 Å². The van der Waals surface area contributed by atoms with Gasteiger partial charge in [0, 0.05) is 12.7 Å². The molecular weight excluding hydrogens is 289 g/mol. The maximum Gasteiger partial charge on any atom is 0.416 e. The lowest BCUT2D eigenvalue weighted by Crippen LogP contribution is -2.36. The second-order valence-electron chi connectivity index (χ2n) is 5.60. The van der Waals surface area contributed by atoms with Crippen LogP contribution >= 0.6 is 0 Å².